The van der Waals surface area contributed by atoms with E-state index in [-0.39, 0.29) is 6.54 Å². The summed E-state index contributed by atoms with van der Waals surface area (Å²) in [5.74, 6) is 0.734. The van der Waals surface area contributed by atoms with E-state index in [2.05, 4.69) is 4.72 Å². The molecule has 0 bridgehead atoms. The van der Waals surface area contributed by atoms with Gasteiger partial charge in [0.25, 0.3) is 0 Å². The summed E-state index contributed by atoms with van der Waals surface area (Å²) < 4.78 is 37.7. The Balaban J connectivity index is 1.96. The van der Waals surface area contributed by atoms with Crippen LogP contribution in [0.3, 0.4) is 0 Å². The maximum absolute atomic E-state index is 12.3. The molecule has 5 nitrogen and oxygen atoms in total. The molecule has 0 atom stereocenters. The predicted molar refractivity (Wildman–Crippen MR) is 91.6 cm³/mol. The molecule has 0 spiro atoms. The Hall–Kier alpha value is -1.41. The highest BCUT2D eigenvalue weighted by atomic mass is 32.2. The fourth-order valence-corrected chi connectivity index (χ4v) is 4.65. The molecule has 0 fully saturated rings. The molecule has 1 N–H and O–H groups in total. The van der Waals surface area contributed by atoms with Crippen LogP contribution in [0.15, 0.2) is 35.2 Å². The van der Waals surface area contributed by atoms with Crippen molar-refractivity contribution < 1.29 is 17.9 Å². The number of thiophene rings is 1. The normalized spacial score (nSPS) is 11.6. The predicted octanol–water partition coefficient (Wildman–Crippen LogP) is 2.87. The lowest BCUT2D eigenvalue weighted by atomic mass is 10.2. The van der Waals surface area contributed by atoms with Crippen molar-refractivity contribution >= 4 is 21.4 Å². The maximum Gasteiger partial charge on any atom is 0.241 e. The Kier molecular flexibility index (Phi) is 6.17. The molecule has 126 valence electrons. The Morgan fingerprint density at radius 2 is 1.83 bits per heavy atom. The van der Waals surface area contributed by atoms with Gasteiger partial charge in [0.1, 0.15) is 12.4 Å². The van der Waals surface area contributed by atoms with Gasteiger partial charge in [-0.05, 0) is 37.6 Å². The molecule has 1 aromatic carbocycles. The average Bonchev–Trinajstić information content (AvgIpc) is 2.86. The Labute approximate surface area is 141 Å². The summed E-state index contributed by atoms with van der Waals surface area (Å²) >= 11 is 1.48. The van der Waals surface area contributed by atoms with Gasteiger partial charge in [-0.25, -0.2) is 13.1 Å². The average molecular weight is 355 g/mol. The Bertz CT molecular complexity index is 736. The lowest BCUT2D eigenvalue weighted by Gasteiger charge is -2.08. The summed E-state index contributed by atoms with van der Waals surface area (Å²) in [6.07, 6.45) is 0. The lowest BCUT2D eigenvalue weighted by molar-refractivity contribution is 0.146. The van der Waals surface area contributed by atoms with Crippen molar-refractivity contribution in [2.24, 2.45) is 0 Å². The zero-order valence-electron chi connectivity index (χ0n) is 13.5. The molecule has 7 heteroatoms. The minimum Gasteiger partial charge on any atom is -0.491 e. The molecule has 0 unspecified atom stereocenters. The highest BCUT2D eigenvalue weighted by Crippen LogP contribution is 2.25. The lowest BCUT2D eigenvalue weighted by Crippen LogP contribution is -2.23. The molecule has 0 saturated heterocycles. The van der Waals surface area contributed by atoms with Gasteiger partial charge in [-0.3, -0.25) is 0 Å². The summed E-state index contributed by atoms with van der Waals surface area (Å²) in [6, 6.07) is 9.03. The van der Waals surface area contributed by atoms with Crippen LogP contribution in [0.4, 0.5) is 0 Å². The van der Waals surface area contributed by atoms with Crippen molar-refractivity contribution in [1.82, 2.24) is 4.72 Å². The van der Waals surface area contributed by atoms with Gasteiger partial charge < -0.3 is 9.47 Å². The van der Waals surface area contributed by atoms with Crippen LogP contribution in [0.25, 0.3) is 0 Å². The van der Waals surface area contributed by atoms with Crippen molar-refractivity contribution in [2.75, 3.05) is 20.3 Å². The van der Waals surface area contributed by atoms with E-state index in [1.807, 2.05) is 38.1 Å². The molecule has 0 aliphatic rings. The fourth-order valence-electron chi connectivity index (χ4n) is 2.08. The third-order valence-corrected chi connectivity index (χ3v) is 5.85. The molecule has 1 heterocycles. The van der Waals surface area contributed by atoms with Gasteiger partial charge in [0.05, 0.1) is 11.5 Å². The molecular formula is C16H21NO4S2. The number of sulfonamides is 1. The highest BCUT2D eigenvalue weighted by molar-refractivity contribution is 7.89. The third kappa shape index (κ3) is 5.04. The summed E-state index contributed by atoms with van der Waals surface area (Å²) in [7, 11) is -1.86. The number of hydrogen-bond acceptors (Lipinski definition) is 5. The molecule has 0 aliphatic heterocycles. The van der Waals surface area contributed by atoms with Gasteiger partial charge in [0.2, 0.25) is 10.0 Å². The van der Waals surface area contributed by atoms with E-state index in [4.69, 9.17) is 9.47 Å². The first-order valence-electron chi connectivity index (χ1n) is 7.20. The summed E-state index contributed by atoms with van der Waals surface area (Å²) in [4.78, 5) is 2.15. The second kappa shape index (κ2) is 7.92. The Morgan fingerprint density at radius 1 is 1.13 bits per heavy atom. The van der Waals surface area contributed by atoms with E-state index in [1.165, 1.54) is 11.3 Å². The number of rotatable bonds is 8. The van der Waals surface area contributed by atoms with Crippen molar-refractivity contribution in [3.63, 3.8) is 0 Å². The first-order chi connectivity index (χ1) is 10.9. The summed E-state index contributed by atoms with van der Waals surface area (Å²) in [6.45, 7) is 4.98. The molecule has 0 aliphatic carbocycles. The minimum absolute atomic E-state index is 0.245. The number of hydrogen-bond donors (Lipinski definition) is 1. The van der Waals surface area contributed by atoms with Crippen LogP contribution >= 0.6 is 11.3 Å². The second-order valence-electron chi connectivity index (χ2n) is 5.09. The van der Waals surface area contributed by atoms with Gasteiger partial charge in [-0.1, -0.05) is 12.1 Å². The molecule has 0 saturated carbocycles. The van der Waals surface area contributed by atoms with Crippen molar-refractivity contribution in [2.45, 2.75) is 25.3 Å². The van der Waals surface area contributed by atoms with Crippen molar-refractivity contribution in [3.8, 4) is 5.75 Å². The van der Waals surface area contributed by atoms with Crippen LogP contribution in [-0.4, -0.2) is 28.7 Å². The van der Waals surface area contributed by atoms with Gasteiger partial charge in [-0.2, -0.15) is 0 Å². The highest BCUT2D eigenvalue weighted by Gasteiger charge is 2.18. The molecule has 1 aromatic heterocycles. The molecule has 23 heavy (non-hydrogen) atoms. The van der Waals surface area contributed by atoms with Crippen LogP contribution < -0.4 is 9.46 Å². The van der Waals surface area contributed by atoms with Crippen LogP contribution in [0.1, 0.15) is 15.3 Å². The van der Waals surface area contributed by atoms with E-state index in [1.54, 1.807) is 13.2 Å². The summed E-state index contributed by atoms with van der Waals surface area (Å²) in [5.41, 5.74) is 0.872. The number of ether oxygens (including phenoxy) is 2. The van der Waals surface area contributed by atoms with Crippen LogP contribution in [0.5, 0.6) is 5.75 Å². The van der Waals surface area contributed by atoms with Gasteiger partial charge in [-0.15, -0.1) is 11.3 Å². The molecular weight excluding hydrogens is 334 g/mol. The van der Waals surface area contributed by atoms with Crippen molar-refractivity contribution in [3.05, 3.63) is 45.6 Å². The standard InChI is InChI=1S/C16H21NO4S2/c1-12-10-16(13(2)22-12)23(18,19)17-11-14-4-6-15(7-5-14)21-9-8-20-3/h4-7,10,17H,8-9,11H2,1-3H3. The number of aryl methyl sites for hydroxylation is 2. The van der Waals surface area contributed by atoms with E-state index in [0.717, 1.165) is 21.1 Å². The molecule has 2 rings (SSSR count). The van der Waals surface area contributed by atoms with Gasteiger partial charge in [0, 0.05) is 23.4 Å². The van der Waals surface area contributed by atoms with E-state index in [9.17, 15) is 8.42 Å². The third-order valence-electron chi connectivity index (χ3n) is 3.23. The van der Waals surface area contributed by atoms with E-state index in [0.29, 0.717) is 18.1 Å². The zero-order chi connectivity index (χ0) is 16.9. The maximum atomic E-state index is 12.3. The van der Waals surface area contributed by atoms with Crippen LogP contribution in [0.2, 0.25) is 0 Å². The second-order valence-corrected chi connectivity index (χ2v) is 8.28. The van der Waals surface area contributed by atoms with Crippen LogP contribution in [0, 0.1) is 13.8 Å². The molecule has 2 aromatic rings. The fraction of sp³-hybridized carbons (Fsp3) is 0.375. The molecule has 0 radical (unpaired) electrons. The largest absolute Gasteiger partial charge is 0.491 e. The minimum atomic E-state index is -3.48. The number of benzene rings is 1. The quantitative estimate of drug-likeness (QED) is 0.740. The number of nitrogens with one attached hydrogen (secondary N) is 1. The first-order valence-corrected chi connectivity index (χ1v) is 9.50. The monoisotopic (exact) mass is 355 g/mol. The van der Waals surface area contributed by atoms with Gasteiger partial charge >= 0.3 is 0 Å². The van der Waals surface area contributed by atoms with E-state index >= 15 is 0 Å². The topological polar surface area (TPSA) is 64.6 Å². The Morgan fingerprint density at radius 3 is 2.39 bits per heavy atom. The summed E-state index contributed by atoms with van der Waals surface area (Å²) in [5, 5.41) is 0. The molecule has 0 amide bonds. The van der Waals surface area contributed by atoms with Crippen molar-refractivity contribution in [1.29, 1.82) is 0 Å². The van der Waals surface area contributed by atoms with Crippen LogP contribution in [-0.2, 0) is 21.3 Å². The zero-order valence-corrected chi connectivity index (χ0v) is 15.1. The van der Waals surface area contributed by atoms with E-state index < -0.39 is 10.0 Å². The SMILES string of the molecule is COCCOc1ccc(CNS(=O)(=O)c2cc(C)sc2C)cc1. The first kappa shape index (κ1) is 17.9. The number of methoxy groups -OCH3 is 1. The van der Waals surface area contributed by atoms with Gasteiger partial charge in [0.15, 0.2) is 0 Å². The smallest absolute Gasteiger partial charge is 0.241 e.